The Kier molecular flexibility index (Phi) is 5.54. The van der Waals surface area contributed by atoms with Crippen LogP contribution in [0.4, 0.5) is 5.69 Å². The van der Waals surface area contributed by atoms with Crippen molar-refractivity contribution in [2.45, 2.75) is 56.9 Å². The quantitative estimate of drug-likeness (QED) is 0.291. The third-order valence-electron chi connectivity index (χ3n) is 6.22. The average molecular weight is 397 g/mol. The molecule has 4 rings (SSSR count). The highest BCUT2D eigenvalue weighted by molar-refractivity contribution is 7.98. The highest BCUT2D eigenvalue weighted by Crippen LogP contribution is 2.37. The van der Waals surface area contributed by atoms with Gasteiger partial charge in [0, 0.05) is 34.7 Å². The molecule has 5 heteroatoms. The number of fused-ring (bicyclic) bond motifs is 1. The third kappa shape index (κ3) is 3.60. The van der Waals surface area contributed by atoms with Crippen molar-refractivity contribution in [3.63, 3.8) is 0 Å². The molecule has 1 aliphatic carbocycles. The highest BCUT2D eigenvalue weighted by atomic mass is 32.2. The minimum Gasteiger partial charge on any atom is -0.382 e. The summed E-state index contributed by atoms with van der Waals surface area (Å²) in [6, 6.07) is 11.4. The van der Waals surface area contributed by atoms with Crippen LogP contribution in [0.15, 0.2) is 41.4 Å². The van der Waals surface area contributed by atoms with Crippen molar-refractivity contribution in [1.29, 1.82) is 0 Å². The van der Waals surface area contributed by atoms with E-state index in [-0.39, 0.29) is 0 Å². The van der Waals surface area contributed by atoms with Crippen LogP contribution < -0.4 is 10.0 Å². The molecule has 3 N–H and O–H groups in total. The normalized spacial score (nSPS) is 19.8. The Hall–Kier alpha value is -2.14. The lowest BCUT2D eigenvalue weighted by molar-refractivity contribution is -0.889. The summed E-state index contributed by atoms with van der Waals surface area (Å²) in [5.41, 5.74) is 5.10. The molecule has 28 heavy (non-hydrogen) atoms. The van der Waals surface area contributed by atoms with Crippen LogP contribution in [0.1, 0.15) is 44.7 Å². The predicted molar refractivity (Wildman–Crippen MR) is 117 cm³/mol. The Labute approximate surface area is 171 Å². The molecule has 0 radical (unpaired) electrons. The van der Waals surface area contributed by atoms with Gasteiger partial charge in [-0.2, -0.15) is 0 Å². The Morgan fingerprint density at radius 2 is 1.93 bits per heavy atom. The average Bonchev–Trinajstić information content (AvgIpc) is 3.22. The fourth-order valence-electron chi connectivity index (χ4n) is 4.43. The fraction of sp³-hybridized carbons (Fsp3) is 0.435. The van der Waals surface area contributed by atoms with E-state index in [9.17, 15) is 5.21 Å². The van der Waals surface area contributed by atoms with Gasteiger partial charge in [-0.15, -0.1) is 11.8 Å². The summed E-state index contributed by atoms with van der Waals surface area (Å²) < 4.78 is 1.23. The lowest BCUT2D eigenvalue weighted by Crippen LogP contribution is -2.34. The van der Waals surface area contributed by atoms with E-state index in [1.165, 1.54) is 53.0 Å². The summed E-state index contributed by atoms with van der Waals surface area (Å²) in [6.07, 6.45) is 10.4. The number of benzene rings is 1. The minimum absolute atomic E-state index is 0.538. The summed E-state index contributed by atoms with van der Waals surface area (Å²) >= 11 is 1.76. The molecule has 148 valence electrons. The van der Waals surface area contributed by atoms with E-state index in [1.54, 1.807) is 11.8 Å². The van der Waals surface area contributed by atoms with Crippen molar-refractivity contribution in [3.8, 4) is 11.1 Å². The second kappa shape index (κ2) is 8.08. The van der Waals surface area contributed by atoms with Crippen LogP contribution in [0.5, 0.6) is 0 Å². The van der Waals surface area contributed by atoms with Crippen LogP contribution in [0, 0.1) is 12.8 Å². The molecule has 0 atom stereocenters. The molecule has 2 heterocycles. The molecule has 1 aliphatic rings. The first-order valence-electron chi connectivity index (χ1n) is 10.3. The maximum absolute atomic E-state index is 10.4. The second-order valence-electron chi connectivity index (χ2n) is 7.93. The van der Waals surface area contributed by atoms with Gasteiger partial charge in [0.1, 0.15) is 5.69 Å². The second-order valence-corrected chi connectivity index (χ2v) is 8.81. The number of aryl methyl sites for hydroxylation is 1. The lowest BCUT2D eigenvalue weighted by Gasteiger charge is -2.30. The van der Waals surface area contributed by atoms with Gasteiger partial charge in [0.25, 0.3) is 0 Å². The summed E-state index contributed by atoms with van der Waals surface area (Å²) in [5, 5.41) is 15.2. The Morgan fingerprint density at radius 1 is 1.14 bits per heavy atom. The molecule has 0 spiro atoms. The van der Waals surface area contributed by atoms with E-state index in [1.807, 2.05) is 19.2 Å². The summed E-state index contributed by atoms with van der Waals surface area (Å²) in [7, 11) is 0. The van der Waals surface area contributed by atoms with Crippen molar-refractivity contribution in [3.05, 3.63) is 42.2 Å². The van der Waals surface area contributed by atoms with E-state index in [4.69, 9.17) is 0 Å². The van der Waals surface area contributed by atoms with Gasteiger partial charge in [-0.05, 0) is 72.9 Å². The Morgan fingerprint density at radius 3 is 2.64 bits per heavy atom. The van der Waals surface area contributed by atoms with Crippen molar-refractivity contribution in [2.24, 2.45) is 5.92 Å². The molecule has 0 amide bonds. The van der Waals surface area contributed by atoms with Gasteiger partial charge >= 0.3 is 5.65 Å². The fourth-order valence-corrected chi connectivity index (χ4v) is 4.87. The van der Waals surface area contributed by atoms with Crippen LogP contribution >= 0.6 is 11.8 Å². The van der Waals surface area contributed by atoms with Gasteiger partial charge in [-0.1, -0.05) is 13.3 Å². The molecule has 1 saturated carbocycles. The van der Waals surface area contributed by atoms with E-state index in [0.717, 1.165) is 28.2 Å². The first-order chi connectivity index (χ1) is 13.6. The molecular weight excluding hydrogens is 366 g/mol. The van der Waals surface area contributed by atoms with E-state index < -0.39 is 0 Å². The zero-order chi connectivity index (χ0) is 19.7. The van der Waals surface area contributed by atoms with Gasteiger partial charge in [-0.25, -0.2) is 4.98 Å². The zero-order valence-electron chi connectivity index (χ0n) is 17.0. The third-order valence-corrected chi connectivity index (χ3v) is 6.94. The van der Waals surface area contributed by atoms with Crippen LogP contribution in [0.3, 0.4) is 0 Å². The van der Waals surface area contributed by atoms with Gasteiger partial charge in [0.2, 0.25) is 0 Å². The molecule has 1 fully saturated rings. The van der Waals surface area contributed by atoms with Gasteiger partial charge in [-0.3, -0.25) is 0 Å². The van der Waals surface area contributed by atoms with Gasteiger partial charge < -0.3 is 10.5 Å². The smallest absolute Gasteiger partial charge is 0.326 e. The number of hydrogen-bond acceptors (Lipinski definition) is 3. The number of H-pyrrole nitrogens is 1. The van der Waals surface area contributed by atoms with Gasteiger partial charge in [0.05, 0.1) is 11.6 Å². The Balaban J connectivity index is 1.75. The number of anilines is 1. The number of nitrogens with one attached hydrogen (secondary N) is 2. The van der Waals surface area contributed by atoms with Crippen LogP contribution in [-0.4, -0.2) is 22.5 Å². The molecule has 0 aliphatic heterocycles. The van der Waals surface area contributed by atoms with Crippen molar-refractivity contribution in [1.82, 2.24) is 4.98 Å². The molecule has 1 aromatic carbocycles. The molecule has 0 saturated heterocycles. The summed E-state index contributed by atoms with van der Waals surface area (Å²) in [6.45, 7) is 4.24. The predicted octanol–water partition coefficient (Wildman–Crippen LogP) is 5.77. The van der Waals surface area contributed by atoms with Crippen LogP contribution in [-0.2, 0) is 0 Å². The maximum Gasteiger partial charge on any atom is 0.326 e. The molecule has 4 nitrogen and oxygen atoms in total. The van der Waals surface area contributed by atoms with E-state index >= 15 is 0 Å². The lowest BCUT2D eigenvalue weighted by atomic mass is 9.84. The number of rotatable bonds is 5. The molecular formula is C23H30N3OS+. The number of aromatic amines is 1. The first kappa shape index (κ1) is 19.2. The summed E-state index contributed by atoms with van der Waals surface area (Å²) in [4.78, 5) is 4.41. The standard InChI is InChI=1S/C23H29N3OS/c1-4-16-5-7-17(8-6-16)25-22-10-9-18(28-3)14-21(22)20-13-15(2)26(27)23-19(20)11-12-24-23/h9-14,16-17,27H,4-8H2,1-3H3,(H,24,25)/p+1. The molecule has 0 unspecified atom stereocenters. The minimum atomic E-state index is 0.538. The van der Waals surface area contributed by atoms with Crippen molar-refractivity contribution >= 4 is 28.5 Å². The number of aromatic nitrogens is 2. The molecule has 3 aromatic rings. The monoisotopic (exact) mass is 396 g/mol. The van der Waals surface area contributed by atoms with E-state index in [2.05, 4.69) is 47.7 Å². The first-order valence-corrected chi connectivity index (χ1v) is 11.5. The highest BCUT2D eigenvalue weighted by Gasteiger charge is 2.23. The number of nitrogens with zero attached hydrogens (tertiary/aromatic N) is 1. The van der Waals surface area contributed by atoms with Gasteiger partial charge in [0.15, 0.2) is 0 Å². The Bertz CT molecular complexity index is 973. The number of hydrogen-bond donors (Lipinski definition) is 3. The molecule has 2 aromatic heterocycles. The topological polar surface area (TPSA) is 51.9 Å². The van der Waals surface area contributed by atoms with E-state index in [0.29, 0.717) is 6.04 Å². The van der Waals surface area contributed by atoms with Crippen molar-refractivity contribution in [2.75, 3.05) is 11.6 Å². The zero-order valence-corrected chi connectivity index (χ0v) is 17.8. The summed E-state index contributed by atoms with van der Waals surface area (Å²) in [5.74, 6) is 0.896. The molecule has 0 bridgehead atoms. The van der Waals surface area contributed by atoms with Crippen LogP contribution in [0.25, 0.3) is 22.2 Å². The number of pyridine rings is 1. The number of thioether (sulfide) groups is 1. The van der Waals surface area contributed by atoms with Crippen molar-refractivity contribution < 1.29 is 9.94 Å². The SMILES string of the molecule is CCC1CCC(Nc2ccc(SC)cc2-c2cc(C)[n+](O)c3[nH]ccc23)CC1. The van der Waals surface area contributed by atoms with Crippen LogP contribution in [0.2, 0.25) is 0 Å². The maximum atomic E-state index is 10.4. The largest absolute Gasteiger partial charge is 0.382 e.